The van der Waals surface area contributed by atoms with E-state index in [4.69, 9.17) is 9.47 Å². The Morgan fingerprint density at radius 2 is 2.05 bits per heavy atom. The highest BCUT2D eigenvalue weighted by Gasteiger charge is 2.56. The van der Waals surface area contributed by atoms with E-state index in [1.165, 1.54) is 6.92 Å². The molecule has 22 heavy (non-hydrogen) atoms. The summed E-state index contributed by atoms with van der Waals surface area (Å²) >= 11 is 0. The summed E-state index contributed by atoms with van der Waals surface area (Å²) in [5.41, 5.74) is 2.15. The van der Waals surface area contributed by atoms with Crippen molar-refractivity contribution < 1.29 is 23.9 Å². The van der Waals surface area contributed by atoms with Gasteiger partial charge in [-0.15, -0.1) is 0 Å². The van der Waals surface area contributed by atoms with E-state index < -0.39 is 17.5 Å². The molecule has 0 bridgehead atoms. The lowest BCUT2D eigenvalue weighted by atomic mass is 9.57. The summed E-state index contributed by atoms with van der Waals surface area (Å²) in [4.78, 5) is 35.6. The van der Waals surface area contributed by atoms with Crippen molar-refractivity contribution >= 4 is 17.7 Å². The number of ether oxygens (including phenoxy) is 2. The Morgan fingerprint density at radius 3 is 2.68 bits per heavy atom. The summed E-state index contributed by atoms with van der Waals surface area (Å²) in [5, 5.41) is 0. The lowest BCUT2D eigenvalue weighted by Crippen LogP contribution is -2.53. The van der Waals surface area contributed by atoms with E-state index in [1.807, 2.05) is 13.8 Å². The fourth-order valence-corrected chi connectivity index (χ4v) is 4.16. The highest BCUT2D eigenvalue weighted by Crippen LogP contribution is 2.54. The summed E-state index contributed by atoms with van der Waals surface area (Å²) in [6, 6.07) is 0. The molecule has 0 amide bonds. The molecule has 0 aromatic heterocycles. The predicted octanol–water partition coefficient (Wildman–Crippen LogP) is 2.11. The van der Waals surface area contributed by atoms with Crippen LogP contribution in [0.2, 0.25) is 0 Å². The number of hydrogen-bond donors (Lipinski definition) is 0. The first-order chi connectivity index (χ1) is 10.2. The minimum absolute atomic E-state index is 0.0743. The molecule has 1 heterocycles. The van der Waals surface area contributed by atoms with Crippen LogP contribution in [0.5, 0.6) is 0 Å². The summed E-state index contributed by atoms with van der Waals surface area (Å²) < 4.78 is 10.8. The Labute approximate surface area is 129 Å². The van der Waals surface area contributed by atoms with Crippen molar-refractivity contribution in [2.45, 2.75) is 52.7 Å². The van der Waals surface area contributed by atoms with Crippen LogP contribution in [0.15, 0.2) is 22.8 Å². The molecule has 4 atom stereocenters. The van der Waals surface area contributed by atoms with E-state index >= 15 is 0 Å². The number of ketones is 1. The van der Waals surface area contributed by atoms with Crippen LogP contribution >= 0.6 is 0 Å². The smallest absolute Gasteiger partial charge is 0.334 e. The SMILES string of the molecule is CC(=O)OC1C(=O)C=C(C)C2CC3=C(C)C(=O)OC3CC21C. The van der Waals surface area contributed by atoms with E-state index in [1.54, 1.807) is 13.0 Å². The van der Waals surface area contributed by atoms with E-state index in [0.717, 1.165) is 11.1 Å². The number of carbonyl (C=O) groups excluding carboxylic acids is 3. The molecular weight excluding hydrogens is 284 g/mol. The fraction of sp³-hybridized carbons (Fsp3) is 0.588. The van der Waals surface area contributed by atoms with Crippen molar-refractivity contribution in [2.75, 3.05) is 0 Å². The number of fused-ring (bicyclic) bond motifs is 2. The van der Waals surface area contributed by atoms with E-state index in [9.17, 15) is 14.4 Å². The maximum Gasteiger partial charge on any atom is 0.334 e. The van der Waals surface area contributed by atoms with Gasteiger partial charge in [0.05, 0.1) is 0 Å². The van der Waals surface area contributed by atoms with E-state index in [0.29, 0.717) is 18.4 Å². The van der Waals surface area contributed by atoms with Crippen LogP contribution in [-0.2, 0) is 23.9 Å². The Bertz CT molecular complexity index is 641. The molecule has 3 aliphatic rings. The van der Waals surface area contributed by atoms with Gasteiger partial charge in [-0.2, -0.15) is 0 Å². The molecule has 5 heteroatoms. The Balaban J connectivity index is 2.04. The first-order valence-electron chi connectivity index (χ1n) is 7.54. The first kappa shape index (κ1) is 15.0. The van der Waals surface area contributed by atoms with E-state index in [2.05, 4.69) is 0 Å². The number of esters is 2. The molecular formula is C17H20O5. The Hall–Kier alpha value is -1.91. The van der Waals surface area contributed by atoms with Crippen LogP contribution in [0.1, 0.15) is 40.5 Å². The lowest BCUT2D eigenvalue weighted by molar-refractivity contribution is -0.167. The lowest BCUT2D eigenvalue weighted by Gasteiger charge is -2.49. The van der Waals surface area contributed by atoms with Crippen LogP contribution in [-0.4, -0.2) is 29.9 Å². The first-order valence-corrected chi connectivity index (χ1v) is 7.54. The zero-order chi connectivity index (χ0) is 16.2. The topological polar surface area (TPSA) is 69.7 Å². The maximum atomic E-state index is 12.3. The van der Waals surface area contributed by atoms with Gasteiger partial charge < -0.3 is 9.47 Å². The van der Waals surface area contributed by atoms with Crippen molar-refractivity contribution in [3.63, 3.8) is 0 Å². The van der Waals surface area contributed by atoms with Gasteiger partial charge in [0.15, 0.2) is 11.9 Å². The minimum Gasteiger partial charge on any atom is -0.454 e. The van der Waals surface area contributed by atoms with Gasteiger partial charge in [0, 0.05) is 17.9 Å². The molecule has 1 aliphatic heterocycles. The molecule has 0 spiro atoms. The van der Waals surface area contributed by atoms with Crippen LogP contribution in [0, 0.1) is 11.3 Å². The van der Waals surface area contributed by atoms with Crippen LogP contribution < -0.4 is 0 Å². The molecule has 2 aliphatic carbocycles. The minimum atomic E-state index is -0.806. The highest BCUT2D eigenvalue weighted by molar-refractivity contribution is 5.97. The normalized spacial score (nSPS) is 37.3. The number of allylic oxidation sites excluding steroid dienone is 1. The third-order valence-electron chi connectivity index (χ3n) is 5.33. The number of rotatable bonds is 1. The van der Waals surface area contributed by atoms with Crippen molar-refractivity contribution in [1.82, 2.24) is 0 Å². The maximum absolute atomic E-state index is 12.3. The van der Waals surface area contributed by atoms with Gasteiger partial charge in [0.2, 0.25) is 0 Å². The highest BCUT2D eigenvalue weighted by atomic mass is 16.6. The second-order valence-electron chi connectivity index (χ2n) is 6.79. The monoisotopic (exact) mass is 304 g/mol. The van der Waals surface area contributed by atoms with Gasteiger partial charge in [0.1, 0.15) is 6.10 Å². The van der Waals surface area contributed by atoms with Crippen molar-refractivity contribution in [2.24, 2.45) is 11.3 Å². The Kier molecular flexibility index (Phi) is 3.27. The summed E-state index contributed by atoms with van der Waals surface area (Å²) in [7, 11) is 0. The molecule has 118 valence electrons. The standard InChI is InChI=1S/C17H20O5/c1-8-5-13(19)15(21-10(3)18)17(4)7-14-11(6-12(8)17)9(2)16(20)22-14/h5,12,14-15H,6-7H2,1-4H3. The van der Waals surface area contributed by atoms with Gasteiger partial charge >= 0.3 is 11.9 Å². The van der Waals surface area contributed by atoms with Gasteiger partial charge in [0.25, 0.3) is 0 Å². The van der Waals surface area contributed by atoms with Crippen molar-refractivity contribution in [3.8, 4) is 0 Å². The Morgan fingerprint density at radius 1 is 1.36 bits per heavy atom. The molecule has 0 N–H and O–H groups in total. The molecule has 3 rings (SSSR count). The quantitative estimate of drug-likeness (QED) is 0.694. The zero-order valence-corrected chi connectivity index (χ0v) is 13.3. The number of carbonyl (C=O) groups is 3. The molecule has 0 saturated heterocycles. The third-order valence-corrected chi connectivity index (χ3v) is 5.33. The van der Waals surface area contributed by atoms with Crippen LogP contribution in [0.3, 0.4) is 0 Å². The largest absolute Gasteiger partial charge is 0.454 e. The average molecular weight is 304 g/mol. The molecule has 0 aromatic carbocycles. The third kappa shape index (κ3) is 2.02. The second-order valence-corrected chi connectivity index (χ2v) is 6.79. The van der Waals surface area contributed by atoms with E-state index in [-0.39, 0.29) is 23.8 Å². The molecule has 1 saturated carbocycles. The average Bonchev–Trinajstić information content (AvgIpc) is 2.67. The van der Waals surface area contributed by atoms with Crippen molar-refractivity contribution in [1.29, 1.82) is 0 Å². The molecule has 4 unspecified atom stereocenters. The molecule has 0 aromatic rings. The van der Waals surface area contributed by atoms with Gasteiger partial charge in [-0.05, 0) is 44.3 Å². The summed E-state index contributed by atoms with van der Waals surface area (Å²) in [6.07, 6.45) is 1.65. The fourth-order valence-electron chi connectivity index (χ4n) is 4.16. The van der Waals surface area contributed by atoms with Gasteiger partial charge in [-0.25, -0.2) is 4.79 Å². The van der Waals surface area contributed by atoms with Gasteiger partial charge in [-0.3, -0.25) is 9.59 Å². The molecule has 0 radical (unpaired) electrons. The second kappa shape index (κ2) is 4.80. The number of hydrogen-bond acceptors (Lipinski definition) is 5. The van der Waals surface area contributed by atoms with Crippen molar-refractivity contribution in [3.05, 3.63) is 22.8 Å². The zero-order valence-electron chi connectivity index (χ0n) is 13.3. The van der Waals surface area contributed by atoms with Crippen LogP contribution in [0.25, 0.3) is 0 Å². The predicted molar refractivity (Wildman–Crippen MR) is 77.7 cm³/mol. The van der Waals surface area contributed by atoms with Crippen LogP contribution in [0.4, 0.5) is 0 Å². The summed E-state index contributed by atoms with van der Waals surface area (Å²) in [5.74, 6) is -0.850. The molecule has 5 nitrogen and oxygen atoms in total. The molecule has 1 fully saturated rings. The summed E-state index contributed by atoms with van der Waals surface area (Å²) in [6.45, 7) is 6.98. The van der Waals surface area contributed by atoms with Gasteiger partial charge in [-0.1, -0.05) is 12.5 Å².